The van der Waals surface area contributed by atoms with Gasteiger partial charge < -0.3 is 5.32 Å². The maximum Gasteiger partial charge on any atom is 0.285 e. The number of aryl methyl sites for hydroxylation is 1. The van der Waals surface area contributed by atoms with Crippen molar-refractivity contribution >= 4 is 32.3 Å². The molecule has 0 saturated heterocycles. The second-order valence-electron chi connectivity index (χ2n) is 5.44. The topological polar surface area (TPSA) is 71.4 Å². The fraction of sp³-hybridized carbons (Fsp3) is 0.0588. The minimum absolute atomic E-state index is 0.225. The van der Waals surface area contributed by atoms with Crippen LogP contribution >= 0.6 is 11.3 Å². The number of aromatic nitrogens is 1. The molecule has 1 aliphatic rings. The van der Waals surface area contributed by atoms with Crippen molar-refractivity contribution in [3.05, 3.63) is 65.0 Å². The summed E-state index contributed by atoms with van der Waals surface area (Å²) < 4.78 is 28.0. The van der Waals surface area contributed by atoms with Crippen molar-refractivity contribution in [2.45, 2.75) is 11.8 Å². The van der Waals surface area contributed by atoms with E-state index in [1.807, 2.05) is 36.6 Å². The lowest BCUT2D eigenvalue weighted by atomic mass is 10.1. The number of sulfonamides is 1. The molecule has 4 rings (SSSR count). The average molecular weight is 355 g/mol. The fourth-order valence-electron chi connectivity index (χ4n) is 2.49. The quantitative estimate of drug-likeness (QED) is 0.761. The molecule has 120 valence electrons. The first kappa shape index (κ1) is 15.0. The van der Waals surface area contributed by atoms with E-state index in [1.165, 1.54) is 16.9 Å². The molecule has 7 heteroatoms. The molecule has 5 nitrogen and oxygen atoms in total. The first-order chi connectivity index (χ1) is 11.5. The van der Waals surface area contributed by atoms with E-state index >= 15 is 0 Å². The third-order valence-electron chi connectivity index (χ3n) is 3.71. The van der Waals surface area contributed by atoms with Crippen LogP contribution < -0.4 is 5.32 Å². The van der Waals surface area contributed by atoms with Gasteiger partial charge in [-0.25, -0.2) is 4.98 Å². The molecule has 1 N–H and O–H groups in total. The Morgan fingerprint density at radius 1 is 1.04 bits per heavy atom. The molecule has 2 heterocycles. The zero-order valence-corrected chi connectivity index (χ0v) is 14.4. The molecular weight excluding hydrogens is 342 g/mol. The molecule has 1 aromatic heterocycles. The van der Waals surface area contributed by atoms with E-state index in [0.29, 0.717) is 16.5 Å². The number of hydrogen-bond acceptors (Lipinski definition) is 5. The minimum Gasteiger partial charge on any atom is -0.315 e. The first-order valence-electron chi connectivity index (χ1n) is 7.27. The normalized spacial score (nSPS) is 15.0. The lowest BCUT2D eigenvalue weighted by molar-refractivity contribution is 0.599. The van der Waals surface area contributed by atoms with Crippen molar-refractivity contribution < 1.29 is 8.42 Å². The second kappa shape index (κ2) is 5.54. The average Bonchev–Trinajstić information content (AvgIpc) is 3.12. The number of fused-ring (bicyclic) bond motifs is 1. The van der Waals surface area contributed by atoms with Gasteiger partial charge in [0, 0.05) is 16.5 Å². The summed E-state index contributed by atoms with van der Waals surface area (Å²) in [6.07, 6.45) is 0. The van der Waals surface area contributed by atoms with Crippen molar-refractivity contribution in [2.24, 2.45) is 4.40 Å². The summed E-state index contributed by atoms with van der Waals surface area (Å²) in [5.41, 5.74) is 3.63. The van der Waals surface area contributed by atoms with Gasteiger partial charge in [0.1, 0.15) is 4.90 Å². The van der Waals surface area contributed by atoms with E-state index < -0.39 is 10.0 Å². The Hall–Kier alpha value is -2.51. The monoisotopic (exact) mass is 355 g/mol. The van der Waals surface area contributed by atoms with Crippen molar-refractivity contribution in [1.29, 1.82) is 0 Å². The molecule has 24 heavy (non-hydrogen) atoms. The first-order valence-corrected chi connectivity index (χ1v) is 9.59. The van der Waals surface area contributed by atoms with E-state index in [1.54, 1.807) is 24.3 Å². The zero-order chi connectivity index (χ0) is 16.7. The minimum atomic E-state index is -3.62. The van der Waals surface area contributed by atoms with Crippen LogP contribution in [0.15, 0.2) is 63.2 Å². The largest absolute Gasteiger partial charge is 0.315 e. The van der Waals surface area contributed by atoms with Gasteiger partial charge in [0.05, 0.1) is 5.69 Å². The van der Waals surface area contributed by atoms with Gasteiger partial charge in [0.15, 0.2) is 11.0 Å². The fourth-order valence-corrected chi connectivity index (χ4v) is 4.38. The predicted molar refractivity (Wildman–Crippen MR) is 96.1 cm³/mol. The van der Waals surface area contributed by atoms with Gasteiger partial charge in [0.25, 0.3) is 10.0 Å². The van der Waals surface area contributed by atoms with Gasteiger partial charge in [0.2, 0.25) is 0 Å². The van der Waals surface area contributed by atoms with Crippen LogP contribution in [0.3, 0.4) is 0 Å². The van der Waals surface area contributed by atoms with Crippen LogP contribution in [0.5, 0.6) is 0 Å². The zero-order valence-electron chi connectivity index (χ0n) is 12.7. The van der Waals surface area contributed by atoms with Crippen molar-refractivity contribution in [1.82, 2.24) is 4.98 Å². The third kappa shape index (κ3) is 2.61. The van der Waals surface area contributed by atoms with E-state index in [4.69, 9.17) is 0 Å². The summed E-state index contributed by atoms with van der Waals surface area (Å²) in [5, 5.41) is 5.57. The number of nitrogens with zero attached hydrogens (tertiary/aromatic N) is 2. The van der Waals surface area contributed by atoms with Crippen LogP contribution in [0.2, 0.25) is 0 Å². The van der Waals surface area contributed by atoms with Crippen molar-refractivity contribution in [3.8, 4) is 11.3 Å². The maximum absolute atomic E-state index is 12.1. The molecule has 1 aliphatic heterocycles. The molecule has 0 amide bonds. The van der Waals surface area contributed by atoms with Crippen LogP contribution in [0.25, 0.3) is 11.3 Å². The van der Waals surface area contributed by atoms with Crippen molar-refractivity contribution in [2.75, 3.05) is 5.32 Å². The molecule has 0 saturated carbocycles. The molecule has 2 aromatic carbocycles. The Kier molecular flexibility index (Phi) is 3.47. The highest BCUT2D eigenvalue weighted by Crippen LogP contribution is 2.29. The standard InChI is InChI=1S/C17H13N3O2S2/c1-11-6-8-12(9-7-11)14-10-23-17(18-14)19-16-13-4-2-3-5-15(13)24(21,22)20-16/h2-10H,1H3,(H,18,19,20). The highest BCUT2D eigenvalue weighted by Gasteiger charge is 2.28. The van der Waals surface area contributed by atoms with E-state index in [2.05, 4.69) is 14.7 Å². The number of benzene rings is 2. The van der Waals surface area contributed by atoms with Crippen molar-refractivity contribution in [3.63, 3.8) is 0 Å². The smallest absolute Gasteiger partial charge is 0.285 e. The van der Waals surface area contributed by atoms with Gasteiger partial charge >= 0.3 is 0 Å². The Bertz CT molecular complexity index is 1050. The summed E-state index contributed by atoms with van der Waals surface area (Å²) in [6, 6.07) is 14.9. The maximum atomic E-state index is 12.1. The lowest BCUT2D eigenvalue weighted by Gasteiger charge is -2.02. The third-order valence-corrected chi connectivity index (χ3v) is 5.80. The second-order valence-corrected chi connectivity index (χ2v) is 7.87. The molecule has 0 aliphatic carbocycles. The number of anilines is 1. The van der Waals surface area contributed by atoms with E-state index in [9.17, 15) is 8.42 Å². The van der Waals surface area contributed by atoms with Crippen LogP contribution in [-0.2, 0) is 10.0 Å². The molecule has 0 fully saturated rings. The van der Waals surface area contributed by atoms with E-state index in [-0.39, 0.29) is 4.90 Å². The number of thiazole rings is 1. The molecule has 0 unspecified atom stereocenters. The molecule has 0 spiro atoms. The summed E-state index contributed by atoms with van der Waals surface area (Å²) in [4.78, 5) is 4.75. The Morgan fingerprint density at radius 3 is 2.58 bits per heavy atom. The Morgan fingerprint density at radius 2 is 1.79 bits per heavy atom. The molecule has 0 atom stereocenters. The molecule has 0 radical (unpaired) electrons. The number of nitrogens with one attached hydrogen (secondary N) is 1. The Labute approximate surface area is 143 Å². The Balaban J connectivity index is 1.65. The molecule has 0 bridgehead atoms. The van der Waals surface area contributed by atoms with Crippen LogP contribution in [0.4, 0.5) is 5.13 Å². The van der Waals surface area contributed by atoms with Gasteiger partial charge in [-0.15, -0.1) is 15.7 Å². The van der Waals surface area contributed by atoms with Gasteiger partial charge in [-0.3, -0.25) is 0 Å². The van der Waals surface area contributed by atoms with E-state index in [0.717, 1.165) is 11.3 Å². The summed E-state index contributed by atoms with van der Waals surface area (Å²) in [5.74, 6) is 0.315. The summed E-state index contributed by atoms with van der Waals surface area (Å²) in [7, 11) is -3.62. The highest BCUT2D eigenvalue weighted by atomic mass is 32.2. The van der Waals surface area contributed by atoms with Gasteiger partial charge in [-0.1, -0.05) is 42.0 Å². The predicted octanol–water partition coefficient (Wildman–Crippen LogP) is 3.68. The van der Waals surface area contributed by atoms with Crippen LogP contribution in [-0.4, -0.2) is 19.2 Å². The van der Waals surface area contributed by atoms with Crippen LogP contribution in [0, 0.1) is 6.92 Å². The SMILES string of the molecule is Cc1ccc(-c2csc(NC3=NS(=O)(=O)c4ccccc43)n2)cc1. The van der Waals surface area contributed by atoms with Crippen LogP contribution in [0.1, 0.15) is 11.1 Å². The lowest BCUT2D eigenvalue weighted by Crippen LogP contribution is -2.10. The molecule has 3 aromatic rings. The van der Waals surface area contributed by atoms with Gasteiger partial charge in [-0.2, -0.15) is 8.42 Å². The van der Waals surface area contributed by atoms with Gasteiger partial charge in [-0.05, 0) is 19.1 Å². The highest BCUT2D eigenvalue weighted by molar-refractivity contribution is 7.90. The number of hydrogen-bond donors (Lipinski definition) is 1. The number of rotatable bonds is 2. The molecular formula is C17H13N3O2S2. The number of amidine groups is 1. The summed E-state index contributed by atoms with van der Waals surface area (Å²) in [6.45, 7) is 2.04. The summed E-state index contributed by atoms with van der Waals surface area (Å²) >= 11 is 1.41.